The van der Waals surface area contributed by atoms with E-state index in [9.17, 15) is 18.0 Å². The van der Waals surface area contributed by atoms with Gasteiger partial charge in [-0.25, -0.2) is 23.1 Å². The second-order valence-corrected chi connectivity index (χ2v) is 5.31. The zero-order chi connectivity index (χ0) is 18.5. The van der Waals surface area contributed by atoms with Gasteiger partial charge in [0.2, 0.25) is 5.95 Å². The Morgan fingerprint density at radius 3 is 2.31 bits per heavy atom. The fourth-order valence-electron chi connectivity index (χ4n) is 2.13. The lowest BCUT2D eigenvalue weighted by molar-refractivity contribution is 0.102. The van der Waals surface area contributed by atoms with Gasteiger partial charge in [-0.05, 0) is 17.7 Å². The van der Waals surface area contributed by atoms with E-state index in [1.54, 1.807) is 0 Å². The number of carbonyl (C=O) groups excluding carboxylic acids is 1. The lowest BCUT2D eigenvalue weighted by Gasteiger charge is -2.08. The minimum absolute atomic E-state index is 0.0411. The van der Waals surface area contributed by atoms with E-state index in [0.717, 1.165) is 17.7 Å². The first kappa shape index (κ1) is 17.4. The van der Waals surface area contributed by atoms with Crippen molar-refractivity contribution in [3.05, 3.63) is 83.4 Å². The largest absolute Gasteiger partial charge is 0.350 e. The molecule has 0 unspecified atom stereocenters. The molecule has 0 bridgehead atoms. The normalized spacial score (nSPS) is 10.4. The van der Waals surface area contributed by atoms with Crippen molar-refractivity contribution in [2.24, 2.45) is 0 Å². The van der Waals surface area contributed by atoms with Crippen LogP contribution >= 0.6 is 0 Å². The van der Waals surface area contributed by atoms with Crippen LogP contribution in [0.4, 0.5) is 24.8 Å². The molecule has 1 heterocycles. The van der Waals surface area contributed by atoms with Crippen LogP contribution in [0.2, 0.25) is 0 Å². The number of hydrogen-bond donors (Lipinski definition) is 2. The summed E-state index contributed by atoms with van der Waals surface area (Å²) >= 11 is 0. The van der Waals surface area contributed by atoms with Gasteiger partial charge in [0.25, 0.3) is 5.91 Å². The van der Waals surface area contributed by atoms with E-state index >= 15 is 0 Å². The Labute approximate surface area is 146 Å². The Bertz CT molecular complexity index is 918. The summed E-state index contributed by atoms with van der Waals surface area (Å²) < 4.78 is 39.7. The predicted molar refractivity (Wildman–Crippen MR) is 90.1 cm³/mol. The summed E-state index contributed by atoms with van der Waals surface area (Å²) in [6.45, 7) is 0.506. The minimum atomic E-state index is -1.65. The molecule has 0 fully saturated rings. The van der Waals surface area contributed by atoms with Gasteiger partial charge in [-0.3, -0.25) is 4.79 Å². The van der Waals surface area contributed by atoms with E-state index in [-0.39, 0.29) is 5.56 Å². The molecule has 8 heteroatoms. The number of anilines is 2. The highest BCUT2D eigenvalue weighted by molar-refractivity contribution is 6.03. The second kappa shape index (κ2) is 7.64. The van der Waals surface area contributed by atoms with Gasteiger partial charge >= 0.3 is 0 Å². The van der Waals surface area contributed by atoms with E-state index in [2.05, 4.69) is 20.6 Å². The monoisotopic (exact) mass is 358 g/mol. The quantitative estimate of drug-likeness (QED) is 0.682. The SMILES string of the molecule is O=C(Nc1ccc(F)c(F)c1F)c1cnc(NCc2ccccc2)nc1. The Balaban J connectivity index is 1.64. The molecule has 0 atom stereocenters. The highest BCUT2D eigenvalue weighted by atomic mass is 19.2. The molecular formula is C18H13F3N4O. The highest BCUT2D eigenvalue weighted by Gasteiger charge is 2.16. The molecule has 0 aliphatic rings. The molecule has 2 aromatic carbocycles. The molecule has 0 spiro atoms. The molecule has 2 N–H and O–H groups in total. The van der Waals surface area contributed by atoms with Gasteiger partial charge in [-0.2, -0.15) is 0 Å². The van der Waals surface area contributed by atoms with Gasteiger partial charge in [0.1, 0.15) is 0 Å². The van der Waals surface area contributed by atoms with Crippen LogP contribution in [0.3, 0.4) is 0 Å². The van der Waals surface area contributed by atoms with Crippen LogP contribution in [0.5, 0.6) is 0 Å². The van der Waals surface area contributed by atoms with E-state index in [4.69, 9.17) is 0 Å². The van der Waals surface area contributed by atoms with Gasteiger partial charge in [0.15, 0.2) is 17.5 Å². The topological polar surface area (TPSA) is 66.9 Å². The first-order valence-corrected chi connectivity index (χ1v) is 7.59. The van der Waals surface area contributed by atoms with Crippen LogP contribution in [-0.4, -0.2) is 15.9 Å². The summed E-state index contributed by atoms with van der Waals surface area (Å²) in [6.07, 6.45) is 2.49. The molecule has 26 heavy (non-hydrogen) atoms. The predicted octanol–water partition coefficient (Wildman–Crippen LogP) is 3.76. The molecule has 3 rings (SSSR count). The van der Waals surface area contributed by atoms with Crippen molar-refractivity contribution in [1.82, 2.24) is 9.97 Å². The Kier molecular flexibility index (Phi) is 5.12. The Morgan fingerprint density at radius 2 is 1.62 bits per heavy atom. The first-order valence-electron chi connectivity index (χ1n) is 7.59. The third kappa shape index (κ3) is 3.97. The van der Waals surface area contributed by atoms with Crippen LogP contribution in [0.1, 0.15) is 15.9 Å². The zero-order valence-corrected chi connectivity index (χ0v) is 13.3. The average molecular weight is 358 g/mol. The molecule has 1 aromatic heterocycles. The fourth-order valence-corrected chi connectivity index (χ4v) is 2.13. The van der Waals surface area contributed by atoms with Crippen LogP contribution in [-0.2, 0) is 6.54 Å². The zero-order valence-electron chi connectivity index (χ0n) is 13.3. The lowest BCUT2D eigenvalue weighted by atomic mass is 10.2. The van der Waals surface area contributed by atoms with Crippen LogP contribution < -0.4 is 10.6 Å². The van der Waals surface area contributed by atoms with Crippen molar-refractivity contribution in [1.29, 1.82) is 0 Å². The summed E-state index contributed by atoms with van der Waals surface area (Å²) in [7, 11) is 0. The number of aromatic nitrogens is 2. The smallest absolute Gasteiger partial charge is 0.258 e. The van der Waals surface area contributed by atoms with Crippen molar-refractivity contribution < 1.29 is 18.0 Å². The molecule has 0 aliphatic heterocycles. The number of amides is 1. The number of hydrogen-bond acceptors (Lipinski definition) is 4. The third-order valence-electron chi connectivity index (χ3n) is 3.49. The summed E-state index contributed by atoms with van der Waals surface area (Å²) in [5.41, 5.74) is 0.603. The van der Waals surface area contributed by atoms with Crippen molar-refractivity contribution in [2.45, 2.75) is 6.54 Å². The molecule has 1 amide bonds. The second-order valence-electron chi connectivity index (χ2n) is 5.31. The maximum Gasteiger partial charge on any atom is 0.258 e. The average Bonchev–Trinajstić information content (AvgIpc) is 2.68. The maximum absolute atomic E-state index is 13.6. The van der Waals surface area contributed by atoms with E-state index in [1.807, 2.05) is 30.3 Å². The summed E-state index contributed by atoms with van der Waals surface area (Å²) in [6, 6.07) is 11.2. The molecule has 5 nitrogen and oxygen atoms in total. The van der Waals surface area contributed by atoms with E-state index in [0.29, 0.717) is 12.5 Å². The van der Waals surface area contributed by atoms with Crippen molar-refractivity contribution in [3.8, 4) is 0 Å². The number of carbonyl (C=O) groups is 1. The molecule has 3 aromatic rings. The van der Waals surface area contributed by atoms with Crippen molar-refractivity contribution in [2.75, 3.05) is 10.6 Å². The first-order chi connectivity index (χ1) is 12.5. The fraction of sp³-hybridized carbons (Fsp3) is 0.0556. The van der Waals surface area contributed by atoms with E-state index < -0.39 is 29.0 Å². The van der Waals surface area contributed by atoms with Gasteiger partial charge in [-0.1, -0.05) is 30.3 Å². The molecule has 0 saturated heterocycles. The number of nitrogens with zero attached hydrogens (tertiary/aromatic N) is 2. The van der Waals surface area contributed by atoms with Crippen molar-refractivity contribution >= 4 is 17.5 Å². The summed E-state index contributed by atoms with van der Waals surface area (Å²) in [5.74, 6) is -4.90. The molecule has 0 aliphatic carbocycles. The van der Waals surface area contributed by atoms with Gasteiger partial charge in [-0.15, -0.1) is 0 Å². The Hall–Kier alpha value is -3.42. The van der Waals surface area contributed by atoms with Crippen LogP contribution in [0.15, 0.2) is 54.9 Å². The molecule has 132 valence electrons. The van der Waals surface area contributed by atoms with Gasteiger partial charge < -0.3 is 10.6 Å². The number of benzene rings is 2. The maximum atomic E-state index is 13.6. The third-order valence-corrected chi connectivity index (χ3v) is 3.49. The van der Waals surface area contributed by atoms with Gasteiger partial charge in [0.05, 0.1) is 11.3 Å². The number of rotatable bonds is 5. The minimum Gasteiger partial charge on any atom is -0.350 e. The van der Waals surface area contributed by atoms with Crippen LogP contribution in [0.25, 0.3) is 0 Å². The highest BCUT2D eigenvalue weighted by Crippen LogP contribution is 2.20. The van der Waals surface area contributed by atoms with Crippen molar-refractivity contribution in [3.63, 3.8) is 0 Å². The summed E-state index contributed by atoms with van der Waals surface area (Å²) in [5, 5.41) is 5.15. The number of nitrogens with one attached hydrogen (secondary N) is 2. The molecular weight excluding hydrogens is 345 g/mol. The van der Waals surface area contributed by atoms with Crippen LogP contribution in [0, 0.1) is 17.5 Å². The lowest BCUT2D eigenvalue weighted by Crippen LogP contribution is -2.15. The van der Waals surface area contributed by atoms with Gasteiger partial charge in [0, 0.05) is 18.9 Å². The standard InChI is InChI=1S/C18H13F3N4O/c19-13-6-7-14(16(21)15(13)20)25-17(26)12-9-23-18(24-10-12)22-8-11-4-2-1-3-5-11/h1-7,9-10H,8H2,(H,25,26)(H,22,23,24). The van der Waals surface area contributed by atoms with E-state index in [1.165, 1.54) is 12.4 Å². The Morgan fingerprint density at radius 1 is 0.923 bits per heavy atom. The molecule has 0 saturated carbocycles. The summed E-state index contributed by atoms with van der Waals surface area (Å²) in [4.78, 5) is 20.1. The molecule has 0 radical (unpaired) electrons. The number of halogens is 3.